The summed E-state index contributed by atoms with van der Waals surface area (Å²) >= 11 is 6.15. The minimum Gasteiger partial charge on any atom is -0.268 e. The van der Waals surface area contributed by atoms with Crippen molar-refractivity contribution >= 4 is 22.6 Å². The van der Waals surface area contributed by atoms with Gasteiger partial charge in [0.05, 0.1) is 19.3 Å². The van der Waals surface area contributed by atoms with E-state index >= 15 is 0 Å². The molecule has 7 heteroatoms. The SMILES string of the molecule is Clc1ncnc2cnn(Cc3ccc(Cn4cccn4)cc3)c12. The minimum atomic E-state index is 0.419. The van der Waals surface area contributed by atoms with Crippen molar-refractivity contribution in [2.75, 3.05) is 0 Å². The first kappa shape index (κ1) is 13.9. The smallest absolute Gasteiger partial charge is 0.158 e. The van der Waals surface area contributed by atoms with Crippen LogP contribution in [0.5, 0.6) is 0 Å². The van der Waals surface area contributed by atoms with Crippen LogP contribution < -0.4 is 0 Å². The van der Waals surface area contributed by atoms with E-state index in [1.807, 2.05) is 21.6 Å². The maximum Gasteiger partial charge on any atom is 0.158 e. The molecule has 0 aliphatic rings. The van der Waals surface area contributed by atoms with Crippen LogP contribution in [0.25, 0.3) is 11.0 Å². The lowest BCUT2D eigenvalue weighted by atomic mass is 10.1. The van der Waals surface area contributed by atoms with Crippen LogP contribution in [-0.4, -0.2) is 29.5 Å². The highest BCUT2D eigenvalue weighted by atomic mass is 35.5. The average molecular weight is 325 g/mol. The van der Waals surface area contributed by atoms with E-state index in [1.54, 1.807) is 12.4 Å². The largest absolute Gasteiger partial charge is 0.268 e. The van der Waals surface area contributed by atoms with Crippen molar-refractivity contribution in [2.45, 2.75) is 13.1 Å². The van der Waals surface area contributed by atoms with Gasteiger partial charge in [0.15, 0.2) is 5.15 Å². The molecule has 6 nitrogen and oxygen atoms in total. The standard InChI is InChI=1S/C16H13ClN6/c17-16-15-14(18-11-19-16)8-21-23(15)10-13-4-2-12(3-5-13)9-22-7-1-6-20-22/h1-8,11H,9-10H2. The zero-order chi connectivity index (χ0) is 15.6. The van der Waals surface area contributed by atoms with Gasteiger partial charge in [0.2, 0.25) is 0 Å². The highest BCUT2D eigenvalue weighted by Gasteiger charge is 2.09. The molecule has 4 aromatic rings. The van der Waals surface area contributed by atoms with Gasteiger partial charge in [-0.05, 0) is 17.2 Å². The number of halogens is 1. The summed E-state index contributed by atoms with van der Waals surface area (Å²) in [6.45, 7) is 1.39. The lowest BCUT2D eigenvalue weighted by molar-refractivity contribution is 0.684. The Labute approximate surface area is 137 Å². The first-order valence-corrected chi connectivity index (χ1v) is 7.55. The minimum absolute atomic E-state index is 0.419. The third kappa shape index (κ3) is 2.80. The molecule has 0 saturated carbocycles. The van der Waals surface area contributed by atoms with Crippen molar-refractivity contribution in [1.82, 2.24) is 29.5 Å². The van der Waals surface area contributed by atoms with Crippen molar-refractivity contribution in [3.8, 4) is 0 Å². The monoisotopic (exact) mass is 324 g/mol. The highest BCUT2D eigenvalue weighted by molar-refractivity contribution is 6.33. The molecule has 3 aromatic heterocycles. The molecule has 0 unspecified atom stereocenters. The van der Waals surface area contributed by atoms with Crippen molar-refractivity contribution in [3.05, 3.63) is 71.5 Å². The third-order valence-electron chi connectivity index (χ3n) is 3.64. The Kier molecular flexibility index (Phi) is 3.51. The molecule has 23 heavy (non-hydrogen) atoms. The van der Waals surface area contributed by atoms with Crippen LogP contribution in [0.3, 0.4) is 0 Å². The lowest BCUT2D eigenvalue weighted by Crippen LogP contribution is -2.03. The number of rotatable bonds is 4. The predicted molar refractivity (Wildman–Crippen MR) is 87.2 cm³/mol. The first-order valence-electron chi connectivity index (χ1n) is 7.17. The molecule has 4 rings (SSSR count). The van der Waals surface area contributed by atoms with Gasteiger partial charge in [0.1, 0.15) is 17.4 Å². The molecule has 0 atom stereocenters. The molecule has 0 bridgehead atoms. The zero-order valence-electron chi connectivity index (χ0n) is 12.2. The summed E-state index contributed by atoms with van der Waals surface area (Å²) in [5.41, 5.74) is 3.85. The number of hydrogen-bond acceptors (Lipinski definition) is 4. The van der Waals surface area contributed by atoms with E-state index in [-0.39, 0.29) is 0 Å². The van der Waals surface area contributed by atoms with Gasteiger partial charge in [-0.3, -0.25) is 9.36 Å². The van der Waals surface area contributed by atoms with E-state index in [0.717, 1.165) is 23.1 Å². The van der Waals surface area contributed by atoms with Gasteiger partial charge in [-0.25, -0.2) is 9.97 Å². The summed E-state index contributed by atoms with van der Waals surface area (Å²) in [7, 11) is 0. The summed E-state index contributed by atoms with van der Waals surface area (Å²) in [5, 5.41) is 8.98. The number of benzene rings is 1. The molecule has 3 heterocycles. The maximum absolute atomic E-state index is 6.15. The predicted octanol–water partition coefficient (Wildman–Crippen LogP) is 2.77. The summed E-state index contributed by atoms with van der Waals surface area (Å²) in [6.07, 6.45) is 6.88. The first-order chi connectivity index (χ1) is 11.3. The topological polar surface area (TPSA) is 61.4 Å². The molecule has 0 spiro atoms. The van der Waals surface area contributed by atoms with E-state index in [1.165, 1.54) is 11.9 Å². The van der Waals surface area contributed by atoms with Crippen LogP contribution in [0.4, 0.5) is 0 Å². The fourth-order valence-corrected chi connectivity index (χ4v) is 2.75. The Hall–Kier alpha value is -2.73. The Bertz CT molecular complexity index is 927. The number of aromatic nitrogens is 6. The van der Waals surface area contributed by atoms with Gasteiger partial charge < -0.3 is 0 Å². The molecule has 0 N–H and O–H groups in total. The van der Waals surface area contributed by atoms with Crippen LogP contribution in [-0.2, 0) is 13.1 Å². The van der Waals surface area contributed by atoms with Gasteiger partial charge in [0, 0.05) is 12.4 Å². The van der Waals surface area contributed by atoms with E-state index < -0.39 is 0 Å². The molecular formula is C16H13ClN6. The number of hydrogen-bond donors (Lipinski definition) is 0. The fraction of sp³-hybridized carbons (Fsp3) is 0.125. The second-order valence-corrected chi connectivity index (χ2v) is 5.58. The number of fused-ring (bicyclic) bond motifs is 1. The van der Waals surface area contributed by atoms with Crippen molar-refractivity contribution < 1.29 is 0 Å². The molecule has 0 amide bonds. The van der Waals surface area contributed by atoms with Crippen LogP contribution in [0.2, 0.25) is 5.15 Å². The number of nitrogens with zero attached hydrogens (tertiary/aromatic N) is 6. The summed E-state index contributed by atoms with van der Waals surface area (Å²) in [6, 6.07) is 10.3. The van der Waals surface area contributed by atoms with E-state index in [0.29, 0.717) is 11.7 Å². The van der Waals surface area contributed by atoms with Crippen molar-refractivity contribution in [1.29, 1.82) is 0 Å². The van der Waals surface area contributed by atoms with Crippen molar-refractivity contribution in [3.63, 3.8) is 0 Å². The molecule has 114 valence electrons. The summed E-state index contributed by atoms with van der Waals surface area (Å²) in [4.78, 5) is 8.19. The van der Waals surface area contributed by atoms with E-state index in [4.69, 9.17) is 11.6 Å². The highest BCUT2D eigenvalue weighted by Crippen LogP contribution is 2.19. The molecule has 0 aliphatic carbocycles. The molecule has 0 radical (unpaired) electrons. The Morgan fingerprint density at radius 2 is 1.74 bits per heavy atom. The summed E-state index contributed by atoms with van der Waals surface area (Å²) < 4.78 is 3.72. The van der Waals surface area contributed by atoms with E-state index in [9.17, 15) is 0 Å². The Balaban J connectivity index is 1.56. The molecular weight excluding hydrogens is 312 g/mol. The van der Waals surface area contributed by atoms with E-state index in [2.05, 4.69) is 44.4 Å². The maximum atomic E-state index is 6.15. The van der Waals surface area contributed by atoms with Crippen LogP contribution in [0, 0.1) is 0 Å². The molecule has 1 aromatic carbocycles. The zero-order valence-corrected chi connectivity index (χ0v) is 12.9. The Morgan fingerprint density at radius 3 is 2.48 bits per heavy atom. The van der Waals surface area contributed by atoms with Gasteiger partial charge in [-0.1, -0.05) is 35.9 Å². The van der Waals surface area contributed by atoms with Gasteiger partial charge >= 0.3 is 0 Å². The Morgan fingerprint density at radius 1 is 0.957 bits per heavy atom. The fourth-order valence-electron chi connectivity index (χ4n) is 2.51. The second-order valence-electron chi connectivity index (χ2n) is 5.22. The average Bonchev–Trinajstić information content (AvgIpc) is 3.20. The molecule has 0 fully saturated rings. The van der Waals surface area contributed by atoms with Crippen LogP contribution >= 0.6 is 11.6 Å². The van der Waals surface area contributed by atoms with Gasteiger partial charge in [-0.15, -0.1) is 0 Å². The van der Waals surface area contributed by atoms with Gasteiger partial charge in [0.25, 0.3) is 0 Å². The second kappa shape index (κ2) is 5.81. The van der Waals surface area contributed by atoms with Gasteiger partial charge in [-0.2, -0.15) is 10.2 Å². The van der Waals surface area contributed by atoms with Crippen LogP contribution in [0.1, 0.15) is 11.1 Å². The third-order valence-corrected chi connectivity index (χ3v) is 3.92. The lowest BCUT2D eigenvalue weighted by Gasteiger charge is -2.06. The quantitative estimate of drug-likeness (QED) is 0.542. The normalized spacial score (nSPS) is 11.2. The molecule has 0 aliphatic heterocycles. The van der Waals surface area contributed by atoms with Crippen molar-refractivity contribution in [2.24, 2.45) is 0 Å². The van der Waals surface area contributed by atoms with Crippen LogP contribution in [0.15, 0.2) is 55.2 Å². The summed E-state index contributed by atoms with van der Waals surface area (Å²) in [5.74, 6) is 0. The molecule has 0 saturated heterocycles.